The Bertz CT molecular complexity index is 636. The number of hydrogen-bond acceptors (Lipinski definition) is 4. The van der Waals surface area contributed by atoms with E-state index in [-0.39, 0.29) is 11.7 Å². The summed E-state index contributed by atoms with van der Waals surface area (Å²) in [7, 11) is 0. The number of phenolic OH excluding ortho intramolecular Hbond substituents is 1. The Morgan fingerprint density at radius 2 is 2.05 bits per heavy atom. The number of carbonyl (C=O) groups excluding carboxylic acids is 1. The second-order valence-electron chi connectivity index (χ2n) is 4.25. The molecule has 2 aromatic rings. The van der Waals surface area contributed by atoms with Crippen LogP contribution in [0.5, 0.6) is 11.5 Å². The van der Waals surface area contributed by atoms with E-state index in [0.717, 1.165) is 5.75 Å². The van der Waals surface area contributed by atoms with Crippen molar-refractivity contribution in [1.29, 1.82) is 0 Å². The van der Waals surface area contributed by atoms with Gasteiger partial charge in [0.25, 0.3) is 5.91 Å². The van der Waals surface area contributed by atoms with Crippen molar-refractivity contribution in [2.24, 2.45) is 5.10 Å². The van der Waals surface area contributed by atoms with Crippen LogP contribution in [0.25, 0.3) is 0 Å². The molecule has 0 aliphatic rings. The summed E-state index contributed by atoms with van der Waals surface area (Å²) < 4.78 is 5.31. The lowest BCUT2D eigenvalue weighted by Crippen LogP contribution is -2.17. The minimum absolute atomic E-state index is 0.150. The van der Waals surface area contributed by atoms with Gasteiger partial charge >= 0.3 is 0 Å². The van der Waals surface area contributed by atoms with Crippen LogP contribution in [0.2, 0.25) is 0 Å². The molecule has 0 saturated carbocycles. The average Bonchev–Trinajstić information content (AvgIpc) is 2.48. The number of carbonyl (C=O) groups is 1. The number of rotatable bonds is 5. The molecular formula is C16H16N2O3. The van der Waals surface area contributed by atoms with E-state index in [2.05, 4.69) is 10.5 Å². The quantitative estimate of drug-likeness (QED) is 0.654. The van der Waals surface area contributed by atoms with Gasteiger partial charge in [0.05, 0.1) is 12.8 Å². The molecule has 0 bridgehead atoms. The summed E-state index contributed by atoms with van der Waals surface area (Å²) in [5, 5.41) is 13.2. The highest BCUT2D eigenvalue weighted by atomic mass is 16.5. The molecule has 5 nitrogen and oxygen atoms in total. The van der Waals surface area contributed by atoms with Gasteiger partial charge in [-0.1, -0.05) is 12.1 Å². The van der Waals surface area contributed by atoms with E-state index in [9.17, 15) is 9.90 Å². The molecule has 21 heavy (non-hydrogen) atoms. The third kappa shape index (κ3) is 4.35. The summed E-state index contributed by atoms with van der Waals surface area (Å²) >= 11 is 0. The summed E-state index contributed by atoms with van der Waals surface area (Å²) in [6, 6.07) is 13.4. The lowest BCUT2D eigenvalue weighted by molar-refractivity contribution is 0.0955. The number of ether oxygens (including phenoxy) is 1. The molecule has 0 aliphatic carbocycles. The van der Waals surface area contributed by atoms with E-state index in [1.165, 1.54) is 6.21 Å². The first-order valence-corrected chi connectivity index (χ1v) is 6.54. The Kier molecular flexibility index (Phi) is 4.93. The number of hydrazone groups is 1. The first kappa shape index (κ1) is 14.6. The highest BCUT2D eigenvalue weighted by Gasteiger charge is 2.03. The highest BCUT2D eigenvalue weighted by Crippen LogP contribution is 2.12. The summed E-state index contributed by atoms with van der Waals surface area (Å²) in [5.74, 6) is 0.559. The van der Waals surface area contributed by atoms with Crippen molar-refractivity contribution in [1.82, 2.24) is 5.43 Å². The molecule has 0 atom stereocenters. The van der Waals surface area contributed by atoms with E-state index in [1.807, 2.05) is 6.92 Å². The topological polar surface area (TPSA) is 70.9 Å². The molecule has 0 spiro atoms. The SMILES string of the molecule is CCOc1ccc(C(=O)N/N=C/c2cccc(O)c2)cc1. The second-order valence-corrected chi connectivity index (χ2v) is 4.25. The number of phenols is 1. The maximum absolute atomic E-state index is 11.9. The van der Waals surface area contributed by atoms with E-state index in [1.54, 1.807) is 48.5 Å². The van der Waals surface area contributed by atoms with Crippen LogP contribution in [0, 0.1) is 0 Å². The minimum atomic E-state index is -0.311. The standard InChI is InChI=1S/C16H16N2O3/c1-2-21-15-8-6-13(7-9-15)16(20)18-17-11-12-4-3-5-14(19)10-12/h3-11,19H,2H2,1H3,(H,18,20)/b17-11+. The van der Waals surface area contributed by atoms with Crippen LogP contribution in [0.15, 0.2) is 53.6 Å². The van der Waals surface area contributed by atoms with Gasteiger partial charge in [0.1, 0.15) is 11.5 Å². The zero-order valence-corrected chi connectivity index (χ0v) is 11.6. The molecule has 0 unspecified atom stereocenters. The van der Waals surface area contributed by atoms with Gasteiger partial charge in [-0.2, -0.15) is 5.10 Å². The van der Waals surface area contributed by atoms with Crippen molar-refractivity contribution in [3.05, 3.63) is 59.7 Å². The van der Waals surface area contributed by atoms with Crippen molar-refractivity contribution in [2.45, 2.75) is 6.92 Å². The van der Waals surface area contributed by atoms with Gasteiger partial charge in [-0.3, -0.25) is 4.79 Å². The molecule has 0 heterocycles. The highest BCUT2D eigenvalue weighted by molar-refractivity contribution is 5.95. The van der Waals surface area contributed by atoms with Gasteiger partial charge in [0.2, 0.25) is 0 Å². The van der Waals surface area contributed by atoms with E-state index >= 15 is 0 Å². The van der Waals surface area contributed by atoms with Crippen LogP contribution in [0.1, 0.15) is 22.8 Å². The number of aromatic hydroxyl groups is 1. The zero-order chi connectivity index (χ0) is 15.1. The van der Waals surface area contributed by atoms with Crippen LogP contribution in [0.3, 0.4) is 0 Å². The summed E-state index contributed by atoms with van der Waals surface area (Å²) in [6.45, 7) is 2.48. The van der Waals surface area contributed by atoms with Gasteiger partial charge in [0, 0.05) is 5.56 Å². The molecule has 0 aliphatic heterocycles. The minimum Gasteiger partial charge on any atom is -0.508 e. The molecule has 1 amide bonds. The maximum Gasteiger partial charge on any atom is 0.271 e. The van der Waals surface area contributed by atoms with Gasteiger partial charge in [-0.15, -0.1) is 0 Å². The van der Waals surface area contributed by atoms with Crippen molar-refractivity contribution in [3.63, 3.8) is 0 Å². The molecule has 108 valence electrons. The molecule has 0 radical (unpaired) electrons. The summed E-state index contributed by atoms with van der Waals surface area (Å²) in [6.07, 6.45) is 1.46. The monoisotopic (exact) mass is 284 g/mol. The van der Waals surface area contributed by atoms with Crippen LogP contribution < -0.4 is 10.2 Å². The van der Waals surface area contributed by atoms with Crippen LogP contribution in [-0.2, 0) is 0 Å². The zero-order valence-electron chi connectivity index (χ0n) is 11.6. The van der Waals surface area contributed by atoms with Gasteiger partial charge in [0.15, 0.2) is 0 Å². The molecule has 5 heteroatoms. The van der Waals surface area contributed by atoms with E-state index in [0.29, 0.717) is 17.7 Å². The molecular weight excluding hydrogens is 268 g/mol. The number of hydrogen-bond donors (Lipinski definition) is 2. The first-order valence-electron chi connectivity index (χ1n) is 6.54. The number of nitrogens with zero attached hydrogens (tertiary/aromatic N) is 1. The first-order chi connectivity index (χ1) is 10.2. The Morgan fingerprint density at radius 1 is 1.29 bits per heavy atom. The van der Waals surface area contributed by atoms with Crippen LogP contribution in [-0.4, -0.2) is 23.8 Å². The Balaban J connectivity index is 1.95. The number of benzene rings is 2. The third-order valence-corrected chi connectivity index (χ3v) is 2.68. The average molecular weight is 284 g/mol. The predicted molar refractivity (Wildman–Crippen MR) is 80.8 cm³/mol. The normalized spacial score (nSPS) is 10.5. The fourth-order valence-electron chi connectivity index (χ4n) is 1.70. The molecule has 0 fully saturated rings. The Hall–Kier alpha value is -2.82. The van der Waals surface area contributed by atoms with E-state index < -0.39 is 0 Å². The van der Waals surface area contributed by atoms with Gasteiger partial charge < -0.3 is 9.84 Å². The molecule has 0 saturated heterocycles. The van der Waals surface area contributed by atoms with Crippen molar-refractivity contribution in [3.8, 4) is 11.5 Å². The fourth-order valence-corrected chi connectivity index (χ4v) is 1.70. The number of nitrogens with one attached hydrogen (secondary N) is 1. The van der Waals surface area contributed by atoms with Crippen molar-refractivity contribution in [2.75, 3.05) is 6.61 Å². The molecule has 2 aromatic carbocycles. The molecule has 0 aromatic heterocycles. The van der Waals surface area contributed by atoms with Crippen LogP contribution in [0.4, 0.5) is 0 Å². The molecule has 2 N–H and O–H groups in total. The maximum atomic E-state index is 11.9. The fraction of sp³-hybridized carbons (Fsp3) is 0.125. The van der Waals surface area contributed by atoms with Crippen molar-refractivity contribution < 1.29 is 14.6 Å². The smallest absolute Gasteiger partial charge is 0.271 e. The van der Waals surface area contributed by atoms with Crippen LogP contribution >= 0.6 is 0 Å². The Labute approximate surface area is 122 Å². The largest absolute Gasteiger partial charge is 0.508 e. The Morgan fingerprint density at radius 3 is 2.71 bits per heavy atom. The summed E-state index contributed by atoms with van der Waals surface area (Å²) in [4.78, 5) is 11.9. The van der Waals surface area contributed by atoms with E-state index in [4.69, 9.17) is 4.74 Å². The lowest BCUT2D eigenvalue weighted by atomic mass is 10.2. The second kappa shape index (κ2) is 7.09. The van der Waals surface area contributed by atoms with Gasteiger partial charge in [-0.25, -0.2) is 5.43 Å². The lowest BCUT2D eigenvalue weighted by Gasteiger charge is -2.04. The van der Waals surface area contributed by atoms with Crippen molar-refractivity contribution >= 4 is 12.1 Å². The predicted octanol–water partition coefficient (Wildman–Crippen LogP) is 2.55. The van der Waals surface area contributed by atoms with Gasteiger partial charge in [-0.05, 0) is 48.9 Å². The number of amides is 1. The molecule has 2 rings (SSSR count). The third-order valence-electron chi connectivity index (χ3n) is 2.68. The summed E-state index contributed by atoms with van der Waals surface area (Å²) in [5.41, 5.74) is 3.61.